The average Bonchev–Trinajstić information content (AvgIpc) is 4.10. The van der Waals surface area contributed by atoms with Gasteiger partial charge in [-0.05, 0) is 93.3 Å². The van der Waals surface area contributed by atoms with Crippen molar-refractivity contribution >= 4 is 67.7 Å². The minimum Gasteiger partial charge on any atom is -0.484 e. The van der Waals surface area contributed by atoms with Gasteiger partial charge in [-0.15, -0.1) is 0 Å². The number of ether oxygens (including phenoxy) is 1. The van der Waals surface area contributed by atoms with Gasteiger partial charge in [0.2, 0.25) is 17.7 Å². The third-order valence-electron chi connectivity index (χ3n) is 14.6. The summed E-state index contributed by atoms with van der Waals surface area (Å²) < 4.78 is 92.3. The molecule has 6 aromatic rings. The Hall–Kier alpha value is -7.89. The van der Waals surface area contributed by atoms with Crippen molar-refractivity contribution in [1.29, 1.82) is 0 Å². The van der Waals surface area contributed by atoms with Crippen LogP contribution in [0, 0.1) is 17.6 Å². The van der Waals surface area contributed by atoms with Gasteiger partial charge in [-0.3, -0.25) is 48.3 Å². The number of likely N-dealkylation sites (tertiary alicyclic amines) is 1. The number of sulfonamides is 1. The lowest BCUT2D eigenvalue weighted by molar-refractivity contribution is -0.136. The number of pyridine rings is 1. The van der Waals surface area contributed by atoms with E-state index in [9.17, 15) is 45.6 Å². The molecule has 75 heavy (non-hydrogen) atoms. The van der Waals surface area contributed by atoms with Gasteiger partial charge in [0.25, 0.3) is 21.8 Å². The van der Waals surface area contributed by atoms with Gasteiger partial charge in [-0.1, -0.05) is 18.2 Å². The zero-order valence-corrected chi connectivity index (χ0v) is 41.5. The lowest BCUT2D eigenvalue weighted by Gasteiger charge is -2.35. The third kappa shape index (κ3) is 9.85. The summed E-state index contributed by atoms with van der Waals surface area (Å²) >= 11 is 0. The van der Waals surface area contributed by atoms with E-state index in [4.69, 9.17) is 20.7 Å². The van der Waals surface area contributed by atoms with Crippen LogP contribution in [0.4, 0.5) is 34.8 Å². The number of halogens is 4. The minimum absolute atomic E-state index is 0.00129. The van der Waals surface area contributed by atoms with Crippen LogP contribution in [0.3, 0.4) is 0 Å². The number of hydrogen-bond acceptors (Lipinski definition) is 13. The predicted molar refractivity (Wildman–Crippen MR) is 266 cm³/mol. The molecule has 24 heteroatoms. The first-order valence-electron chi connectivity index (χ1n) is 24.4. The number of benzene rings is 3. The molecule has 0 spiro atoms. The molecule has 5 amide bonds. The second-order valence-electron chi connectivity index (χ2n) is 19.3. The molecule has 4 N–H and O–H groups in total. The number of amides is 5. The Labute approximate surface area is 427 Å². The van der Waals surface area contributed by atoms with Crippen molar-refractivity contribution in [3.05, 3.63) is 102 Å². The number of imide groups is 2. The maximum atomic E-state index is 15.5. The van der Waals surface area contributed by atoms with Gasteiger partial charge in [0.1, 0.15) is 41.0 Å². The number of piperidine rings is 3. The van der Waals surface area contributed by atoms with Crippen LogP contribution in [-0.4, -0.2) is 110 Å². The van der Waals surface area contributed by atoms with Gasteiger partial charge < -0.3 is 20.3 Å². The lowest BCUT2D eigenvalue weighted by Crippen LogP contribution is -2.54. The molecule has 2 atom stereocenters. The summed E-state index contributed by atoms with van der Waals surface area (Å²) in [5.41, 5.74) is 9.63. The van der Waals surface area contributed by atoms with Crippen LogP contribution in [0.5, 0.6) is 5.75 Å². The number of carbonyl (C=O) groups is 5. The Kier molecular flexibility index (Phi) is 13.6. The molecule has 1 unspecified atom stereocenters. The van der Waals surface area contributed by atoms with Crippen molar-refractivity contribution in [1.82, 2.24) is 39.7 Å². The molecule has 3 aromatic heterocycles. The highest BCUT2D eigenvalue weighted by atomic mass is 32.2. The second-order valence-corrected chi connectivity index (χ2v) is 20.9. The molecule has 392 valence electrons. The fraction of sp³-hybridized carbons (Fsp3) is 0.373. The summed E-state index contributed by atoms with van der Waals surface area (Å²) in [4.78, 5) is 73.2. The van der Waals surface area contributed by atoms with E-state index in [1.54, 1.807) is 31.0 Å². The van der Waals surface area contributed by atoms with Crippen molar-refractivity contribution < 1.29 is 54.7 Å². The normalized spacial score (nSPS) is 18.3. The standard InChI is InChI=1S/C51H51F4N11O8S/c1-27(29-4-7-32(52)8-5-29)74-41-21-30(6-9-38(41)61-75(72,73)51(54)55)45-44-46(62(2)60-45)36(25-57-47(44)56)31-24-58-65(26-31)33-15-19-64(20-16-33)43(68)12-3-28-13-17-63(18-14-28)40-23-35-34(22-37(40)53)49(70)66(50(35)71)39-10-11-42(67)59-48(39)69/h4-9,21-28,33,39,51,61H,3,10-20H2,1-2H3,(H2,56,57)(H,59,67,69)/t27-,39?/m0/s1. The highest BCUT2D eigenvalue weighted by Crippen LogP contribution is 2.41. The fourth-order valence-electron chi connectivity index (χ4n) is 10.5. The molecule has 0 bridgehead atoms. The number of alkyl halides is 2. The summed E-state index contributed by atoms with van der Waals surface area (Å²) in [5.74, 6) is -7.22. The molecule has 0 aliphatic carbocycles. The number of nitrogen functional groups attached to an aromatic ring is 1. The van der Waals surface area contributed by atoms with Crippen LogP contribution < -0.4 is 25.4 Å². The molecular weight excluding hydrogens is 1000 g/mol. The zero-order chi connectivity index (χ0) is 53.0. The van der Waals surface area contributed by atoms with Crippen molar-refractivity contribution in [2.45, 2.75) is 82.2 Å². The van der Waals surface area contributed by atoms with Gasteiger partial charge in [-0.2, -0.15) is 19.0 Å². The Morgan fingerprint density at radius 1 is 0.893 bits per heavy atom. The SMILES string of the molecule is C[C@H](Oc1cc(-c2nn(C)c3c(-c4cnn(C5CCN(C(=O)CCC6CCN(c7cc8c(cc7F)C(=O)N(C7CCC(=O)NC7=O)C8=O)CC6)CC5)c4)cnc(N)c23)ccc1NS(=O)(=O)C(F)F)c1ccc(F)cc1. The van der Waals surface area contributed by atoms with E-state index in [1.165, 1.54) is 48.5 Å². The Bertz CT molecular complexity index is 3390. The highest BCUT2D eigenvalue weighted by Gasteiger charge is 2.45. The van der Waals surface area contributed by atoms with E-state index in [-0.39, 0.29) is 64.8 Å². The molecule has 4 aliphatic heterocycles. The number of anilines is 3. The van der Waals surface area contributed by atoms with E-state index < -0.39 is 63.2 Å². The molecule has 0 saturated carbocycles. The number of carbonyl (C=O) groups excluding carboxylic acids is 5. The number of nitrogens with zero attached hydrogens (tertiary/aromatic N) is 8. The Morgan fingerprint density at radius 3 is 2.29 bits per heavy atom. The van der Waals surface area contributed by atoms with Crippen LogP contribution in [0.2, 0.25) is 0 Å². The van der Waals surface area contributed by atoms with Gasteiger partial charge in [0.05, 0.1) is 45.6 Å². The molecular formula is C51H51F4N11O8S. The maximum Gasteiger partial charge on any atom is 0.355 e. The van der Waals surface area contributed by atoms with Gasteiger partial charge in [0, 0.05) is 75.2 Å². The van der Waals surface area contributed by atoms with E-state index in [2.05, 4.69) is 10.3 Å². The predicted octanol–water partition coefficient (Wildman–Crippen LogP) is 6.73. The Morgan fingerprint density at radius 2 is 1.60 bits per heavy atom. The number of aromatic nitrogens is 5. The maximum absolute atomic E-state index is 15.5. The van der Waals surface area contributed by atoms with Crippen molar-refractivity contribution in [3.8, 4) is 28.1 Å². The molecule has 0 radical (unpaired) electrons. The van der Waals surface area contributed by atoms with Crippen molar-refractivity contribution in [2.24, 2.45) is 13.0 Å². The summed E-state index contributed by atoms with van der Waals surface area (Å²) in [6.07, 6.45) is 8.18. The van der Waals surface area contributed by atoms with Crippen LogP contribution in [0.1, 0.15) is 96.7 Å². The van der Waals surface area contributed by atoms with E-state index in [0.29, 0.717) is 98.0 Å². The van der Waals surface area contributed by atoms with Crippen LogP contribution >= 0.6 is 0 Å². The fourth-order valence-corrected chi connectivity index (χ4v) is 11.1. The zero-order valence-electron chi connectivity index (χ0n) is 40.6. The number of hydrogen-bond donors (Lipinski definition) is 3. The molecule has 19 nitrogen and oxygen atoms in total. The molecule has 3 fully saturated rings. The first-order valence-corrected chi connectivity index (χ1v) is 26.0. The monoisotopic (exact) mass is 1050 g/mol. The highest BCUT2D eigenvalue weighted by molar-refractivity contribution is 7.93. The number of nitrogens with two attached hydrogens (primary N) is 1. The topological polar surface area (TPSA) is 237 Å². The molecule has 3 saturated heterocycles. The van der Waals surface area contributed by atoms with E-state index in [0.717, 1.165) is 16.5 Å². The smallest absolute Gasteiger partial charge is 0.355 e. The third-order valence-corrected chi connectivity index (χ3v) is 15.6. The van der Waals surface area contributed by atoms with E-state index in [1.807, 2.05) is 25.4 Å². The summed E-state index contributed by atoms with van der Waals surface area (Å²) in [7, 11) is -3.37. The largest absolute Gasteiger partial charge is 0.484 e. The first kappa shape index (κ1) is 50.6. The summed E-state index contributed by atoms with van der Waals surface area (Å²) in [6, 6.07) is 10.9. The summed E-state index contributed by atoms with van der Waals surface area (Å²) in [6.45, 7) is 3.67. The van der Waals surface area contributed by atoms with Crippen LogP contribution in [0.15, 0.2) is 73.2 Å². The van der Waals surface area contributed by atoms with Gasteiger partial charge >= 0.3 is 5.76 Å². The minimum atomic E-state index is -5.09. The molecule has 10 rings (SSSR count). The number of rotatable bonds is 14. The first-order chi connectivity index (χ1) is 35.8. The lowest BCUT2D eigenvalue weighted by atomic mass is 9.91. The molecule has 4 aliphatic rings. The van der Waals surface area contributed by atoms with Gasteiger partial charge in [-0.25, -0.2) is 22.2 Å². The number of nitrogens with one attached hydrogen (secondary N) is 2. The van der Waals surface area contributed by atoms with E-state index >= 15 is 4.39 Å². The number of aryl methyl sites for hydroxylation is 1. The van der Waals surface area contributed by atoms with Gasteiger partial charge in [0.15, 0.2) is 0 Å². The van der Waals surface area contributed by atoms with Crippen LogP contribution in [0.25, 0.3) is 33.3 Å². The second kappa shape index (κ2) is 20.1. The molecule has 3 aromatic carbocycles. The van der Waals surface area contributed by atoms with Crippen molar-refractivity contribution in [3.63, 3.8) is 0 Å². The Balaban J connectivity index is 0.762. The van der Waals surface area contributed by atoms with Crippen LogP contribution in [-0.2, 0) is 31.5 Å². The quantitative estimate of drug-likeness (QED) is 0.0760. The van der Waals surface area contributed by atoms with Crippen molar-refractivity contribution in [2.75, 3.05) is 41.5 Å². The average molecular weight is 1050 g/mol. The number of fused-ring (bicyclic) bond motifs is 2. The molecule has 7 heterocycles. The summed E-state index contributed by atoms with van der Waals surface area (Å²) in [5, 5.41) is 12.1.